The van der Waals surface area contributed by atoms with Gasteiger partial charge in [-0.1, -0.05) is 24.3 Å². The van der Waals surface area contributed by atoms with Crippen molar-refractivity contribution in [3.05, 3.63) is 54.6 Å². The molecule has 0 aliphatic carbocycles. The van der Waals surface area contributed by atoms with Gasteiger partial charge < -0.3 is 0 Å². The molecule has 0 aliphatic rings. The molecule has 2 rings (SSSR count). The molecule has 0 N–H and O–H groups in total. The van der Waals surface area contributed by atoms with Crippen molar-refractivity contribution in [1.29, 1.82) is 0 Å². The molecule has 0 saturated carbocycles. The van der Waals surface area contributed by atoms with Gasteiger partial charge in [0.05, 0.1) is 17.1 Å². The molecule has 0 aliphatic heterocycles. The second-order valence-corrected chi connectivity index (χ2v) is 4.14. The lowest BCUT2D eigenvalue weighted by Crippen LogP contribution is -1.89. The van der Waals surface area contributed by atoms with Crippen LogP contribution in [0.5, 0.6) is 0 Å². The Morgan fingerprint density at radius 1 is 0.765 bits per heavy atom. The molecule has 0 saturated heterocycles. The average molecular weight is 266 g/mol. The Labute approximate surface area is 110 Å². The molecule has 0 spiro atoms. The number of rotatable bonds is 3. The van der Waals surface area contributed by atoms with Crippen LogP contribution in [-0.2, 0) is 0 Å². The molecule has 2 aromatic carbocycles. The second-order valence-electron chi connectivity index (χ2n) is 3.29. The highest BCUT2D eigenvalue weighted by molar-refractivity contribution is 6.49. The van der Waals surface area contributed by atoms with E-state index in [9.17, 15) is 0 Å². The Kier molecular flexibility index (Phi) is 3.96. The zero-order valence-corrected chi connectivity index (χ0v) is 10.3. The van der Waals surface area contributed by atoms with E-state index in [-0.39, 0.29) is 0 Å². The molecule has 3 nitrogen and oxygen atoms in total. The Morgan fingerprint density at radius 3 is 2.12 bits per heavy atom. The van der Waals surface area contributed by atoms with Crippen molar-refractivity contribution < 1.29 is 0 Å². The fourth-order valence-corrected chi connectivity index (χ4v) is 1.48. The van der Waals surface area contributed by atoms with E-state index in [2.05, 4.69) is 10.2 Å². The molecular formula is C12H9Cl2N3. The van der Waals surface area contributed by atoms with Crippen LogP contribution in [0.2, 0.25) is 0 Å². The summed E-state index contributed by atoms with van der Waals surface area (Å²) in [6, 6.07) is 16.7. The maximum atomic E-state index is 5.62. The van der Waals surface area contributed by atoms with Crippen LogP contribution in [0.1, 0.15) is 0 Å². The summed E-state index contributed by atoms with van der Waals surface area (Å²) in [5, 5.41) is 8.20. The highest BCUT2D eigenvalue weighted by Crippen LogP contribution is 2.25. The van der Waals surface area contributed by atoms with E-state index in [0.29, 0.717) is 11.4 Å². The Hall–Kier alpha value is -1.58. The van der Waals surface area contributed by atoms with Gasteiger partial charge in [0.2, 0.25) is 0 Å². The van der Waals surface area contributed by atoms with Gasteiger partial charge in [-0.05, 0) is 30.3 Å². The number of nitrogens with zero attached hydrogens (tertiary/aromatic N) is 3. The Bertz CT molecular complexity index is 512. The smallest absolute Gasteiger partial charge is 0.0878 e. The molecule has 0 bridgehead atoms. The maximum Gasteiger partial charge on any atom is 0.0878 e. The van der Waals surface area contributed by atoms with Crippen molar-refractivity contribution in [1.82, 2.24) is 0 Å². The fraction of sp³-hybridized carbons (Fsp3) is 0. The standard InChI is InChI=1S/C12H9Cl2N3/c13-17(14)12-8-4-7-11(9-12)16-15-10-5-2-1-3-6-10/h1-9H. The first-order chi connectivity index (χ1) is 8.25. The molecule has 0 radical (unpaired) electrons. The summed E-state index contributed by atoms with van der Waals surface area (Å²) in [6.07, 6.45) is 0. The number of hydrogen-bond donors (Lipinski definition) is 0. The highest BCUT2D eigenvalue weighted by Gasteiger charge is 1.99. The third-order valence-corrected chi connectivity index (χ3v) is 2.45. The average Bonchev–Trinajstić information content (AvgIpc) is 2.38. The van der Waals surface area contributed by atoms with Crippen LogP contribution in [0.25, 0.3) is 0 Å². The van der Waals surface area contributed by atoms with E-state index < -0.39 is 0 Å². The van der Waals surface area contributed by atoms with Crippen LogP contribution in [0.15, 0.2) is 64.8 Å². The predicted molar refractivity (Wildman–Crippen MR) is 71.2 cm³/mol. The molecular weight excluding hydrogens is 257 g/mol. The molecule has 17 heavy (non-hydrogen) atoms. The van der Waals surface area contributed by atoms with Gasteiger partial charge in [0.1, 0.15) is 0 Å². The third kappa shape index (κ3) is 3.44. The zero-order valence-electron chi connectivity index (χ0n) is 8.79. The molecule has 0 fully saturated rings. The van der Waals surface area contributed by atoms with Crippen LogP contribution in [-0.4, -0.2) is 0 Å². The SMILES string of the molecule is ClN(Cl)c1cccc(N=Nc2ccccc2)c1. The second kappa shape index (κ2) is 5.66. The van der Waals surface area contributed by atoms with Gasteiger partial charge >= 0.3 is 0 Å². The molecule has 5 heteroatoms. The van der Waals surface area contributed by atoms with Gasteiger partial charge in [-0.15, -0.1) is 0 Å². The monoisotopic (exact) mass is 265 g/mol. The van der Waals surface area contributed by atoms with Crippen LogP contribution >= 0.6 is 23.6 Å². The van der Waals surface area contributed by atoms with Crippen molar-refractivity contribution in [2.45, 2.75) is 0 Å². The third-order valence-electron chi connectivity index (χ3n) is 2.06. The van der Waals surface area contributed by atoms with Crippen LogP contribution in [0.3, 0.4) is 0 Å². The number of anilines is 1. The molecule has 0 atom stereocenters. The lowest BCUT2D eigenvalue weighted by atomic mass is 10.3. The van der Waals surface area contributed by atoms with Crippen molar-refractivity contribution >= 4 is 40.6 Å². The maximum absolute atomic E-state index is 5.62. The zero-order chi connectivity index (χ0) is 12.1. The highest BCUT2D eigenvalue weighted by atomic mass is 35.5. The summed E-state index contributed by atoms with van der Waals surface area (Å²) in [5.74, 6) is 0. The minimum Gasteiger partial charge on any atom is -0.194 e. The largest absolute Gasteiger partial charge is 0.194 e. The number of benzene rings is 2. The van der Waals surface area contributed by atoms with Gasteiger partial charge in [0, 0.05) is 23.6 Å². The molecule has 0 unspecified atom stereocenters. The number of azo groups is 1. The van der Waals surface area contributed by atoms with Crippen LogP contribution < -0.4 is 3.94 Å². The Morgan fingerprint density at radius 2 is 1.41 bits per heavy atom. The van der Waals surface area contributed by atoms with Gasteiger partial charge in [0.15, 0.2) is 0 Å². The molecule has 0 aromatic heterocycles. The molecule has 2 aromatic rings. The first kappa shape index (κ1) is 11.9. The lowest BCUT2D eigenvalue weighted by Gasteiger charge is -2.04. The minimum absolute atomic E-state index is 0.651. The topological polar surface area (TPSA) is 28.0 Å². The van der Waals surface area contributed by atoms with E-state index in [1.165, 1.54) is 0 Å². The van der Waals surface area contributed by atoms with Gasteiger partial charge in [-0.3, -0.25) is 0 Å². The van der Waals surface area contributed by atoms with Crippen LogP contribution in [0, 0.1) is 0 Å². The van der Waals surface area contributed by atoms with Crippen LogP contribution in [0.4, 0.5) is 17.1 Å². The van der Waals surface area contributed by atoms with Crippen molar-refractivity contribution in [2.75, 3.05) is 3.94 Å². The lowest BCUT2D eigenvalue weighted by molar-refractivity contribution is 1.23. The fourth-order valence-electron chi connectivity index (χ4n) is 1.27. The van der Waals surface area contributed by atoms with E-state index in [4.69, 9.17) is 23.6 Å². The number of hydrogen-bond acceptors (Lipinski definition) is 3. The van der Waals surface area contributed by atoms with Crippen molar-refractivity contribution in [3.8, 4) is 0 Å². The normalized spacial score (nSPS) is 10.7. The molecule has 86 valence electrons. The number of halogens is 2. The predicted octanol–water partition coefficient (Wildman–Crippen LogP) is 5.22. The van der Waals surface area contributed by atoms with E-state index in [1.54, 1.807) is 12.1 Å². The first-order valence-corrected chi connectivity index (χ1v) is 5.62. The van der Waals surface area contributed by atoms with E-state index in [0.717, 1.165) is 9.63 Å². The summed E-state index contributed by atoms with van der Waals surface area (Å²) >= 11 is 11.2. The van der Waals surface area contributed by atoms with Gasteiger partial charge in [0.25, 0.3) is 0 Å². The summed E-state index contributed by atoms with van der Waals surface area (Å²) < 4.78 is 0.988. The summed E-state index contributed by atoms with van der Waals surface area (Å²) in [6.45, 7) is 0. The van der Waals surface area contributed by atoms with Crippen molar-refractivity contribution in [2.24, 2.45) is 10.2 Å². The van der Waals surface area contributed by atoms with E-state index >= 15 is 0 Å². The van der Waals surface area contributed by atoms with Gasteiger partial charge in [-0.25, -0.2) is 0 Å². The Balaban J connectivity index is 2.19. The summed E-state index contributed by atoms with van der Waals surface area (Å²) in [4.78, 5) is 0. The summed E-state index contributed by atoms with van der Waals surface area (Å²) in [7, 11) is 0. The summed E-state index contributed by atoms with van der Waals surface area (Å²) in [5.41, 5.74) is 2.14. The first-order valence-electron chi connectivity index (χ1n) is 4.94. The quantitative estimate of drug-likeness (QED) is 0.553. The minimum atomic E-state index is 0.651. The molecule has 0 heterocycles. The molecule has 0 amide bonds. The van der Waals surface area contributed by atoms with Crippen molar-refractivity contribution in [3.63, 3.8) is 0 Å². The van der Waals surface area contributed by atoms with Gasteiger partial charge in [-0.2, -0.15) is 14.2 Å². The van der Waals surface area contributed by atoms with E-state index in [1.807, 2.05) is 42.5 Å².